The molecule has 0 rings (SSSR count). The highest BCUT2D eigenvalue weighted by molar-refractivity contribution is 4.77. The van der Waals surface area contributed by atoms with Crippen LogP contribution in [0, 0.1) is 5.41 Å². The Morgan fingerprint density at radius 3 is 2.20 bits per heavy atom. The second kappa shape index (κ2) is 8.12. The van der Waals surface area contributed by atoms with E-state index in [1.807, 2.05) is 0 Å². The van der Waals surface area contributed by atoms with Crippen LogP contribution in [0.2, 0.25) is 0 Å². The smallest absolute Gasteiger partial charge is 0.0497 e. The zero-order valence-electron chi connectivity index (χ0n) is 11.1. The Bertz CT molecular complexity index is 149. The van der Waals surface area contributed by atoms with Gasteiger partial charge in [-0.05, 0) is 25.9 Å². The van der Waals surface area contributed by atoms with Crippen LogP contribution in [0.25, 0.3) is 0 Å². The van der Waals surface area contributed by atoms with Crippen molar-refractivity contribution in [3.8, 4) is 0 Å². The molecule has 0 bridgehead atoms. The highest BCUT2D eigenvalue weighted by Crippen LogP contribution is 2.23. The Morgan fingerprint density at radius 2 is 1.80 bits per heavy atom. The molecule has 2 nitrogen and oxygen atoms in total. The number of hydrogen-bond donors (Lipinski definition) is 1. The SMILES string of the molecule is CCCCN(CC)CC(C)(CO)CCC. The first kappa shape index (κ1) is 14.9. The molecule has 92 valence electrons. The molecule has 0 aromatic carbocycles. The lowest BCUT2D eigenvalue weighted by atomic mass is 9.86. The highest BCUT2D eigenvalue weighted by Gasteiger charge is 2.24. The van der Waals surface area contributed by atoms with E-state index in [1.165, 1.54) is 19.4 Å². The summed E-state index contributed by atoms with van der Waals surface area (Å²) in [6, 6.07) is 0. The van der Waals surface area contributed by atoms with Gasteiger partial charge in [0.05, 0.1) is 0 Å². The van der Waals surface area contributed by atoms with Gasteiger partial charge in [0.15, 0.2) is 0 Å². The Kier molecular flexibility index (Phi) is 8.07. The number of nitrogens with zero attached hydrogens (tertiary/aromatic N) is 1. The third kappa shape index (κ3) is 6.16. The summed E-state index contributed by atoms with van der Waals surface area (Å²) in [5, 5.41) is 9.46. The summed E-state index contributed by atoms with van der Waals surface area (Å²) in [7, 11) is 0. The lowest BCUT2D eigenvalue weighted by Crippen LogP contribution is -2.38. The Hall–Kier alpha value is -0.0800. The molecule has 0 radical (unpaired) electrons. The Balaban J connectivity index is 4.09. The van der Waals surface area contributed by atoms with Crippen LogP contribution in [-0.2, 0) is 0 Å². The largest absolute Gasteiger partial charge is 0.396 e. The molecule has 0 aromatic heterocycles. The first-order valence-electron chi connectivity index (χ1n) is 6.45. The zero-order chi connectivity index (χ0) is 11.7. The second-order valence-corrected chi connectivity index (χ2v) is 4.94. The lowest BCUT2D eigenvalue weighted by Gasteiger charge is -2.33. The minimum atomic E-state index is 0.0957. The standard InChI is InChI=1S/C13H29NO/c1-5-8-10-14(7-3)11-13(4,12-15)9-6-2/h15H,5-12H2,1-4H3. The molecule has 0 fully saturated rings. The van der Waals surface area contributed by atoms with Gasteiger partial charge in [0.25, 0.3) is 0 Å². The predicted octanol–water partition coefficient (Wildman–Crippen LogP) is 2.91. The van der Waals surface area contributed by atoms with E-state index in [-0.39, 0.29) is 5.41 Å². The maximum absolute atomic E-state index is 9.46. The molecule has 15 heavy (non-hydrogen) atoms. The monoisotopic (exact) mass is 215 g/mol. The quantitative estimate of drug-likeness (QED) is 0.639. The lowest BCUT2D eigenvalue weighted by molar-refractivity contribution is 0.0813. The average Bonchev–Trinajstić information content (AvgIpc) is 2.24. The van der Waals surface area contributed by atoms with Gasteiger partial charge in [-0.1, -0.05) is 40.5 Å². The van der Waals surface area contributed by atoms with Crippen LogP contribution >= 0.6 is 0 Å². The van der Waals surface area contributed by atoms with E-state index in [9.17, 15) is 5.11 Å². The Morgan fingerprint density at radius 1 is 1.13 bits per heavy atom. The molecule has 0 aliphatic carbocycles. The van der Waals surface area contributed by atoms with Crippen LogP contribution in [0.1, 0.15) is 53.4 Å². The summed E-state index contributed by atoms with van der Waals surface area (Å²) in [5.74, 6) is 0. The highest BCUT2D eigenvalue weighted by atomic mass is 16.3. The molecule has 0 aromatic rings. The normalized spacial score (nSPS) is 15.6. The predicted molar refractivity (Wildman–Crippen MR) is 67.1 cm³/mol. The van der Waals surface area contributed by atoms with Crippen LogP contribution < -0.4 is 0 Å². The van der Waals surface area contributed by atoms with Gasteiger partial charge in [-0.25, -0.2) is 0 Å². The van der Waals surface area contributed by atoms with Crippen LogP contribution in [0.15, 0.2) is 0 Å². The first-order valence-corrected chi connectivity index (χ1v) is 6.45. The maximum Gasteiger partial charge on any atom is 0.0497 e. The van der Waals surface area contributed by atoms with E-state index < -0.39 is 0 Å². The van der Waals surface area contributed by atoms with E-state index in [1.54, 1.807) is 0 Å². The van der Waals surface area contributed by atoms with Crippen LogP contribution in [-0.4, -0.2) is 36.2 Å². The molecule has 1 unspecified atom stereocenters. The molecule has 0 aliphatic heterocycles. The van der Waals surface area contributed by atoms with Crippen molar-refractivity contribution in [3.05, 3.63) is 0 Å². The molecule has 0 saturated heterocycles. The zero-order valence-corrected chi connectivity index (χ0v) is 11.1. The van der Waals surface area contributed by atoms with Crippen molar-refractivity contribution in [2.75, 3.05) is 26.2 Å². The number of aliphatic hydroxyl groups is 1. The van der Waals surface area contributed by atoms with E-state index >= 15 is 0 Å². The fourth-order valence-electron chi connectivity index (χ4n) is 2.08. The minimum Gasteiger partial charge on any atom is -0.396 e. The van der Waals surface area contributed by atoms with Crippen molar-refractivity contribution in [1.29, 1.82) is 0 Å². The maximum atomic E-state index is 9.46. The van der Waals surface area contributed by atoms with Crippen molar-refractivity contribution < 1.29 is 5.11 Å². The van der Waals surface area contributed by atoms with E-state index in [0.29, 0.717) is 6.61 Å². The van der Waals surface area contributed by atoms with E-state index in [4.69, 9.17) is 0 Å². The summed E-state index contributed by atoms with van der Waals surface area (Å²) in [6.45, 7) is 12.4. The molecule has 0 aliphatic rings. The number of unbranched alkanes of at least 4 members (excludes halogenated alkanes) is 1. The summed E-state index contributed by atoms with van der Waals surface area (Å²) in [6.07, 6.45) is 4.79. The summed E-state index contributed by atoms with van der Waals surface area (Å²) in [5.41, 5.74) is 0.0957. The molecule has 1 atom stereocenters. The van der Waals surface area contributed by atoms with Crippen LogP contribution in [0.4, 0.5) is 0 Å². The van der Waals surface area contributed by atoms with Crippen LogP contribution in [0.3, 0.4) is 0 Å². The molecular weight excluding hydrogens is 186 g/mol. The Labute approximate surface area is 95.7 Å². The van der Waals surface area contributed by atoms with Gasteiger partial charge in [0.2, 0.25) is 0 Å². The van der Waals surface area contributed by atoms with Gasteiger partial charge in [-0.15, -0.1) is 0 Å². The summed E-state index contributed by atoms with van der Waals surface area (Å²) < 4.78 is 0. The summed E-state index contributed by atoms with van der Waals surface area (Å²) in [4.78, 5) is 2.47. The van der Waals surface area contributed by atoms with Gasteiger partial charge < -0.3 is 10.0 Å². The van der Waals surface area contributed by atoms with Gasteiger partial charge >= 0.3 is 0 Å². The van der Waals surface area contributed by atoms with Crippen molar-refractivity contribution >= 4 is 0 Å². The van der Waals surface area contributed by atoms with Crippen molar-refractivity contribution in [3.63, 3.8) is 0 Å². The fraction of sp³-hybridized carbons (Fsp3) is 1.00. The van der Waals surface area contributed by atoms with Gasteiger partial charge in [0.1, 0.15) is 0 Å². The number of aliphatic hydroxyl groups excluding tert-OH is 1. The van der Waals surface area contributed by atoms with Gasteiger partial charge in [-0.3, -0.25) is 0 Å². The van der Waals surface area contributed by atoms with E-state index in [0.717, 1.165) is 25.9 Å². The number of rotatable bonds is 9. The summed E-state index contributed by atoms with van der Waals surface area (Å²) >= 11 is 0. The van der Waals surface area contributed by atoms with Crippen LogP contribution in [0.5, 0.6) is 0 Å². The molecule has 0 amide bonds. The topological polar surface area (TPSA) is 23.5 Å². The van der Waals surface area contributed by atoms with Crippen molar-refractivity contribution in [1.82, 2.24) is 4.90 Å². The molecular formula is C13H29NO. The van der Waals surface area contributed by atoms with Crippen molar-refractivity contribution in [2.45, 2.75) is 53.4 Å². The van der Waals surface area contributed by atoms with Gasteiger partial charge in [0, 0.05) is 18.6 Å². The fourth-order valence-corrected chi connectivity index (χ4v) is 2.08. The molecule has 2 heteroatoms. The minimum absolute atomic E-state index is 0.0957. The molecule has 0 heterocycles. The van der Waals surface area contributed by atoms with Gasteiger partial charge in [-0.2, -0.15) is 0 Å². The molecule has 0 spiro atoms. The average molecular weight is 215 g/mol. The molecule has 0 saturated carbocycles. The van der Waals surface area contributed by atoms with Crippen molar-refractivity contribution in [2.24, 2.45) is 5.41 Å². The molecule has 1 N–H and O–H groups in total. The third-order valence-electron chi connectivity index (χ3n) is 3.12. The van der Waals surface area contributed by atoms with E-state index in [2.05, 4.69) is 32.6 Å². The number of hydrogen-bond acceptors (Lipinski definition) is 2. The second-order valence-electron chi connectivity index (χ2n) is 4.94. The first-order chi connectivity index (χ1) is 7.11. The third-order valence-corrected chi connectivity index (χ3v) is 3.12.